The van der Waals surface area contributed by atoms with E-state index in [2.05, 4.69) is 20.5 Å². The highest BCUT2D eigenvalue weighted by Gasteiger charge is 2.07. The number of benzene rings is 1. The summed E-state index contributed by atoms with van der Waals surface area (Å²) >= 11 is 0. The molecule has 6 nitrogen and oxygen atoms in total. The third-order valence-electron chi connectivity index (χ3n) is 3.65. The zero-order valence-corrected chi connectivity index (χ0v) is 13.5. The fraction of sp³-hybridized carbons (Fsp3) is 0.167. The van der Waals surface area contributed by atoms with Gasteiger partial charge in [0.05, 0.1) is 11.9 Å². The Hall–Kier alpha value is -3.15. The molecule has 0 fully saturated rings. The second-order valence-electron chi connectivity index (χ2n) is 5.41. The SMILES string of the molecule is Cc1ccnc(C)c1OCC(=O)N/N=C/c1cccc2[nH]ccc12. The van der Waals surface area contributed by atoms with Crippen molar-refractivity contribution in [2.45, 2.75) is 13.8 Å². The number of aryl methyl sites for hydroxylation is 2. The van der Waals surface area contributed by atoms with Crippen molar-refractivity contribution in [2.75, 3.05) is 6.61 Å². The van der Waals surface area contributed by atoms with Crippen molar-refractivity contribution in [3.05, 3.63) is 59.5 Å². The number of hydrazone groups is 1. The predicted molar refractivity (Wildman–Crippen MR) is 93.2 cm³/mol. The molecule has 0 saturated carbocycles. The van der Waals surface area contributed by atoms with Crippen LogP contribution in [0.1, 0.15) is 16.8 Å². The van der Waals surface area contributed by atoms with Gasteiger partial charge in [-0.15, -0.1) is 0 Å². The molecule has 0 spiro atoms. The first-order valence-corrected chi connectivity index (χ1v) is 7.58. The van der Waals surface area contributed by atoms with Gasteiger partial charge in [0.2, 0.25) is 0 Å². The molecule has 0 aliphatic heterocycles. The van der Waals surface area contributed by atoms with Crippen molar-refractivity contribution in [3.8, 4) is 5.75 Å². The number of amides is 1. The molecule has 0 atom stereocenters. The monoisotopic (exact) mass is 322 g/mol. The fourth-order valence-electron chi connectivity index (χ4n) is 2.46. The van der Waals surface area contributed by atoms with Crippen LogP contribution in [0.5, 0.6) is 5.75 Å². The number of hydrogen-bond donors (Lipinski definition) is 2. The second kappa shape index (κ2) is 6.95. The smallest absolute Gasteiger partial charge is 0.277 e. The highest BCUT2D eigenvalue weighted by molar-refractivity contribution is 5.98. The van der Waals surface area contributed by atoms with E-state index in [0.29, 0.717) is 5.75 Å². The van der Waals surface area contributed by atoms with Crippen LogP contribution in [0.4, 0.5) is 0 Å². The summed E-state index contributed by atoms with van der Waals surface area (Å²) in [5.74, 6) is 0.309. The number of aromatic nitrogens is 2. The molecule has 2 aromatic heterocycles. The van der Waals surface area contributed by atoms with Gasteiger partial charge in [0.15, 0.2) is 6.61 Å². The van der Waals surface area contributed by atoms with E-state index in [0.717, 1.165) is 27.7 Å². The van der Waals surface area contributed by atoms with Crippen LogP contribution in [-0.2, 0) is 4.79 Å². The lowest BCUT2D eigenvalue weighted by Crippen LogP contribution is -2.25. The fourth-order valence-corrected chi connectivity index (χ4v) is 2.46. The molecular weight excluding hydrogens is 304 g/mol. The molecule has 1 aromatic carbocycles. The van der Waals surface area contributed by atoms with E-state index in [9.17, 15) is 4.79 Å². The Labute approximate surface area is 139 Å². The molecule has 6 heteroatoms. The molecule has 0 bridgehead atoms. The largest absolute Gasteiger partial charge is 0.482 e. The minimum absolute atomic E-state index is 0.112. The number of H-pyrrole nitrogens is 1. The summed E-state index contributed by atoms with van der Waals surface area (Å²) in [6.07, 6.45) is 5.20. The van der Waals surface area contributed by atoms with Gasteiger partial charge in [0, 0.05) is 28.9 Å². The third-order valence-corrected chi connectivity index (χ3v) is 3.65. The molecule has 0 saturated heterocycles. The van der Waals surface area contributed by atoms with Gasteiger partial charge in [-0.2, -0.15) is 5.10 Å². The van der Waals surface area contributed by atoms with Crippen molar-refractivity contribution < 1.29 is 9.53 Å². The maximum absolute atomic E-state index is 11.9. The number of rotatable bonds is 5. The van der Waals surface area contributed by atoms with Gasteiger partial charge >= 0.3 is 0 Å². The van der Waals surface area contributed by atoms with E-state index in [1.807, 2.05) is 50.4 Å². The van der Waals surface area contributed by atoms with E-state index in [4.69, 9.17) is 4.74 Å². The predicted octanol–water partition coefficient (Wildman–Crippen LogP) is 2.71. The summed E-state index contributed by atoms with van der Waals surface area (Å²) in [5, 5.41) is 5.04. The summed E-state index contributed by atoms with van der Waals surface area (Å²) in [7, 11) is 0. The van der Waals surface area contributed by atoms with E-state index >= 15 is 0 Å². The molecule has 122 valence electrons. The van der Waals surface area contributed by atoms with Crippen LogP contribution in [0.25, 0.3) is 10.9 Å². The number of nitrogens with zero attached hydrogens (tertiary/aromatic N) is 2. The maximum atomic E-state index is 11.9. The average molecular weight is 322 g/mol. The minimum Gasteiger partial charge on any atom is -0.482 e. The molecule has 0 radical (unpaired) electrons. The number of aromatic amines is 1. The zero-order valence-electron chi connectivity index (χ0n) is 13.5. The number of hydrogen-bond acceptors (Lipinski definition) is 4. The Balaban J connectivity index is 1.59. The summed E-state index contributed by atoms with van der Waals surface area (Å²) in [6.45, 7) is 3.65. The minimum atomic E-state index is -0.324. The standard InChI is InChI=1S/C18H18N4O2/c1-12-6-8-19-13(2)18(12)24-11-17(23)22-21-10-14-4-3-5-16-15(14)7-9-20-16/h3-10,20H,11H2,1-2H3,(H,22,23)/b21-10+. The number of carbonyl (C=O) groups excluding carboxylic acids is 1. The average Bonchev–Trinajstić information content (AvgIpc) is 3.04. The van der Waals surface area contributed by atoms with E-state index in [1.54, 1.807) is 12.4 Å². The molecule has 2 heterocycles. The Morgan fingerprint density at radius 2 is 2.21 bits per heavy atom. The van der Waals surface area contributed by atoms with Crippen molar-refractivity contribution >= 4 is 23.0 Å². The van der Waals surface area contributed by atoms with Crippen LogP contribution in [0.2, 0.25) is 0 Å². The lowest BCUT2D eigenvalue weighted by Gasteiger charge is -2.09. The highest BCUT2D eigenvalue weighted by atomic mass is 16.5. The number of pyridine rings is 1. The Morgan fingerprint density at radius 3 is 3.04 bits per heavy atom. The van der Waals surface area contributed by atoms with Gasteiger partial charge in [-0.1, -0.05) is 12.1 Å². The molecule has 1 amide bonds. The lowest BCUT2D eigenvalue weighted by atomic mass is 10.1. The zero-order chi connectivity index (χ0) is 16.9. The first-order chi connectivity index (χ1) is 11.6. The van der Waals surface area contributed by atoms with Crippen LogP contribution in [0.3, 0.4) is 0 Å². The van der Waals surface area contributed by atoms with Gasteiger partial charge in [0.1, 0.15) is 5.75 Å². The number of nitrogens with one attached hydrogen (secondary N) is 2. The van der Waals surface area contributed by atoms with E-state index < -0.39 is 0 Å². The Morgan fingerprint density at radius 1 is 1.33 bits per heavy atom. The van der Waals surface area contributed by atoms with Crippen LogP contribution in [0, 0.1) is 13.8 Å². The summed E-state index contributed by atoms with van der Waals surface area (Å²) in [6, 6.07) is 9.66. The van der Waals surface area contributed by atoms with Gasteiger partial charge < -0.3 is 9.72 Å². The normalized spacial score (nSPS) is 11.1. The van der Waals surface area contributed by atoms with Gasteiger partial charge in [-0.3, -0.25) is 9.78 Å². The number of carbonyl (C=O) groups is 1. The second-order valence-corrected chi connectivity index (χ2v) is 5.41. The first kappa shape index (κ1) is 15.7. The summed E-state index contributed by atoms with van der Waals surface area (Å²) < 4.78 is 5.54. The van der Waals surface area contributed by atoms with E-state index in [-0.39, 0.29) is 12.5 Å². The maximum Gasteiger partial charge on any atom is 0.277 e. The third kappa shape index (κ3) is 3.43. The van der Waals surface area contributed by atoms with Crippen molar-refractivity contribution in [2.24, 2.45) is 5.10 Å². The van der Waals surface area contributed by atoms with Gasteiger partial charge in [-0.05, 0) is 37.6 Å². The van der Waals surface area contributed by atoms with Crippen molar-refractivity contribution in [1.82, 2.24) is 15.4 Å². The van der Waals surface area contributed by atoms with Crippen LogP contribution in [-0.4, -0.2) is 28.7 Å². The Kier molecular flexibility index (Phi) is 4.56. The highest BCUT2D eigenvalue weighted by Crippen LogP contribution is 2.19. The number of fused-ring (bicyclic) bond motifs is 1. The van der Waals surface area contributed by atoms with Gasteiger partial charge in [-0.25, -0.2) is 5.43 Å². The Bertz CT molecular complexity index is 879. The molecular formula is C18H18N4O2. The molecule has 3 aromatic rings. The molecule has 0 unspecified atom stereocenters. The van der Waals surface area contributed by atoms with Crippen molar-refractivity contribution in [1.29, 1.82) is 0 Å². The summed E-state index contributed by atoms with van der Waals surface area (Å²) in [5.41, 5.74) is 6.12. The first-order valence-electron chi connectivity index (χ1n) is 7.58. The van der Waals surface area contributed by atoms with Gasteiger partial charge in [0.25, 0.3) is 5.91 Å². The van der Waals surface area contributed by atoms with E-state index in [1.165, 1.54) is 0 Å². The molecule has 24 heavy (non-hydrogen) atoms. The summed E-state index contributed by atoms with van der Waals surface area (Å²) in [4.78, 5) is 19.2. The lowest BCUT2D eigenvalue weighted by molar-refractivity contribution is -0.123. The molecule has 3 rings (SSSR count). The molecule has 0 aliphatic carbocycles. The van der Waals surface area contributed by atoms with Crippen molar-refractivity contribution in [3.63, 3.8) is 0 Å². The number of ether oxygens (including phenoxy) is 1. The van der Waals surface area contributed by atoms with Crippen LogP contribution >= 0.6 is 0 Å². The quantitative estimate of drug-likeness (QED) is 0.560. The van der Waals surface area contributed by atoms with Crippen LogP contribution < -0.4 is 10.2 Å². The topological polar surface area (TPSA) is 79.4 Å². The molecule has 0 aliphatic rings. The van der Waals surface area contributed by atoms with Crippen LogP contribution in [0.15, 0.2) is 47.8 Å². The molecule has 2 N–H and O–H groups in total.